The molecule has 2 rings (SSSR count). The molecule has 0 amide bonds. The first-order valence-electron chi connectivity index (χ1n) is 5.96. The molecular formula is C12H14Cl2N2O3. The first-order valence-corrected chi connectivity index (χ1v) is 6.72. The van der Waals surface area contributed by atoms with Crippen molar-refractivity contribution in [3.8, 4) is 0 Å². The summed E-state index contributed by atoms with van der Waals surface area (Å²) in [5, 5.41) is 21.1. The molecule has 7 heteroatoms. The van der Waals surface area contributed by atoms with E-state index in [0.717, 1.165) is 13.0 Å². The van der Waals surface area contributed by atoms with Crippen LogP contribution in [0, 0.1) is 16.0 Å². The van der Waals surface area contributed by atoms with Gasteiger partial charge >= 0.3 is 0 Å². The maximum atomic E-state index is 10.7. The van der Waals surface area contributed by atoms with Crippen molar-refractivity contribution in [2.45, 2.75) is 19.4 Å². The number of aliphatic hydroxyl groups excluding tert-OH is 1. The number of aliphatic hydroxyl groups is 1. The summed E-state index contributed by atoms with van der Waals surface area (Å²) in [6.45, 7) is 3.13. The van der Waals surface area contributed by atoms with Crippen LogP contribution < -0.4 is 4.90 Å². The fourth-order valence-corrected chi connectivity index (χ4v) is 2.93. The lowest BCUT2D eigenvalue weighted by Crippen LogP contribution is -2.43. The van der Waals surface area contributed by atoms with Gasteiger partial charge in [-0.15, -0.1) is 0 Å². The second-order valence-electron chi connectivity index (χ2n) is 4.79. The van der Waals surface area contributed by atoms with Crippen LogP contribution in [0.25, 0.3) is 0 Å². The molecule has 2 atom stereocenters. The van der Waals surface area contributed by atoms with Crippen molar-refractivity contribution < 1.29 is 10.0 Å². The average molecular weight is 305 g/mol. The number of hydrogen-bond donors (Lipinski definition) is 1. The van der Waals surface area contributed by atoms with E-state index in [1.165, 1.54) is 12.1 Å². The molecule has 0 radical (unpaired) electrons. The Morgan fingerprint density at radius 1 is 1.42 bits per heavy atom. The number of β-amino-alcohol motifs (C(OH)–C–C–N with tert-alkyl or cyclic N) is 1. The summed E-state index contributed by atoms with van der Waals surface area (Å²) in [5.41, 5.74) is 0.421. The molecule has 5 nitrogen and oxygen atoms in total. The first kappa shape index (κ1) is 14.4. The Morgan fingerprint density at radius 3 is 2.47 bits per heavy atom. The minimum Gasteiger partial charge on any atom is -0.391 e. The summed E-state index contributed by atoms with van der Waals surface area (Å²) in [6.07, 6.45) is 0.376. The van der Waals surface area contributed by atoms with E-state index in [4.69, 9.17) is 23.2 Å². The van der Waals surface area contributed by atoms with Gasteiger partial charge in [-0.25, -0.2) is 0 Å². The molecule has 0 aromatic heterocycles. The van der Waals surface area contributed by atoms with Gasteiger partial charge in [-0.1, -0.05) is 30.1 Å². The van der Waals surface area contributed by atoms with E-state index in [1.54, 1.807) is 0 Å². The molecule has 2 unspecified atom stereocenters. The minimum atomic E-state index is -0.533. The monoisotopic (exact) mass is 304 g/mol. The highest BCUT2D eigenvalue weighted by Gasteiger charge is 2.27. The summed E-state index contributed by atoms with van der Waals surface area (Å²) >= 11 is 12.2. The number of rotatable bonds is 2. The van der Waals surface area contributed by atoms with Crippen LogP contribution in [0.2, 0.25) is 10.0 Å². The Labute approximate surface area is 120 Å². The van der Waals surface area contributed by atoms with Gasteiger partial charge in [0.1, 0.15) is 0 Å². The Morgan fingerprint density at radius 2 is 2.00 bits per heavy atom. The van der Waals surface area contributed by atoms with Gasteiger partial charge in [0.05, 0.1) is 26.8 Å². The molecule has 0 spiro atoms. The largest absolute Gasteiger partial charge is 0.391 e. The Hall–Kier alpha value is -1.04. The second kappa shape index (κ2) is 5.53. The third-order valence-corrected chi connectivity index (χ3v) is 4.02. The smallest absolute Gasteiger partial charge is 0.272 e. The predicted octanol–water partition coefficient (Wildman–Crippen LogP) is 3.11. The van der Waals surface area contributed by atoms with Crippen molar-refractivity contribution in [1.82, 2.24) is 0 Å². The van der Waals surface area contributed by atoms with E-state index in [2.05, 4.69) is 0 Å². The molecule has 1 saturated heterocycles. The molecule has 104 valence electrons. The number of non-ortho nitro benzene ring substituents is 1. The molecule has 0 saturated carbocycles. The van der Waals surface area contributed by atoms with E-state index in [0.29, 0.717) is 12.2 Å². The highest BCUT2D eigenvalue weighted by atomic mass is 35.5. The van der Waals surface area contributed by atoms with Crippen LogP contribution in [-0.2, 0) is 0 Å². The number of nitro groups is 1. The summed E-state index contributed by atoms with van der Waals surface area (Å²) in [5.74, 6) is 0.229. The van der Waals surface area contributed by atoms with Gasteiger partial charge in [0.25, 0.3) is 5.69 Å². The Balaban J connectivity index is 2.33. The quantitative estimate of drug-likeness (QED) is 0.673. The number of halogens is 2. The molecular weight excluding hydrogens is 291 g/mol. The van der Waals surface area contributed by atoms with Crippen LogP contribution in [0.1, 0.15) is 13.3 Å². The zero-order chi connectivity index (χ0) is 14.2. The Kier molecular flexibility index (Phi) is 4.18. The fraction of sp³-hybridized carbons (Fsp3) is 0.500. The minimum absolute atomic E-state index is 0.135. The van der Waals surface area contributed by atoms with Crippen LogP contribution in [-0.4, -0.2) is 29.2 Å². The molecule has 1 aromatic carbocycles. The van der Waals surface area contributed by atoms with E-state index in [-0.39, 0.29) is 21.7 Å². The van der Waals surface area contributed by atoms with Crippen molar-refractivity contribution in [3.05, 3.63) is 32.3 Å². The van der Waals surface area contributed by atoms with Crippen molar-refractivity contribution in [2.75, 3.05) is 18.0 Å². The SMILES string of the molecule is CC1CCN(c2c(Cl)cc([N+](=O)[O-])cc2Cl)CC1O. The summed E-state index contributed by atoms with van der Waals surface area (Å²) in [7, 11) is 0. The number of nitro benzene ring substituents is 1. The van der Waals surface area contributed by atoms with Crippen LogP contribution in [0.15, 0.2) is 12.1 Å². The normalized spacial score (nSPS) is 23.5. The van der Waals surface area contributed by atoms with Gasteiger partial charge in [0.2, 0.25) is 0 Å². The highest BCUT2D eigenvalue weighted by Crippen LogP contribution is 2.39. The third-order valence-electron chi connectivity index (χ3n) is 3.45. The molecule has 0 aliphatic carbocycles. The van der Waals surface area contributed by atoms with Gasteiger partial charge in [-0.3, -0.25) is 10.1 Å². The van der Waals surface area contributed by atoms with Gasteiger partial charge in [0, 0.05) is 25.2 Å². The molecule has 19 heavy (non-hydrogen) atoms. The van der Waals surface area contributed by atoms with Crippen molar-refractivity contribution in [2.24, 2.45) is 5.92 Å². The Bertz CT molecular complexity index is 487. The van der Waals surface area contributed by atoms with E-state index in [1.807, 2.05) is 11.8 Å². The molecule has 1 aliphatic rings. The summed E-state index contributed by atoms with van der Waals surface area (Å²) < 4.78 is 0. The number of piperidine rings is 1. The predicted molar refractivity (Wildman–Crippen MR) is 75.1 cm³/mol. The van der Waals surface area contributed by atoms with Crippen LogP contribution >= 0.6 is 23.2 Å². The summed E-state index contributed by atoms with van der Waals surface area (Å²) in [6, 6.07) is 2.57. The number of hydrogen-bond acceptors (Lipinski definition) is 4. The van der Waals surface area contributed by atoms with Crippen molar-refractivity contribution >= 4 is 34.6 Å². The zero-order valence-corrected chi connectivity index (χ0v) is 11.9. The molecule has 1 heterocycles. The molecule has 0 bridgehead atoms. The van der Waals surface area contributed by atoms with Gasteiger partial charge in [0.15, 0.2) is 0 Å². The van der Waals surface area contributed by atoms with Crippen LogP contribution in [0.4, 0.5) is 11.4 Å². The molecule has 1 N–H and O–H groups in total. The number of benzene rings is 1. The first-order chi connectivity index (χ1) is 8.90. The fourth-order valence-electron chi connectivity index (χ4n) is 2.21. The van der Waals surface area contributed by atoms with Crippen LogP contribution in [0.3, 0.4) is 0 Å². The lowest BCUT2D eigenvalue weighted by molar-refractivity contribution is -0.384. The van der Waals surface area contributed by atoms with E-state index in [9.17, 15) is 15.2 Å². The van der Waals surface area contributed by atoms with Crippen LogP contribution in [0.5, 0.6) is 0 Å². The average Bonchev–Trinajstić information content (AvgIpc) is 2.32. The number of nitrogens with zero attached hydrogens (tertiary/aromatic N) is 2. The molecule has 1 fully saturated rings. The van der Waals surface area contributed by atoms with Gasteiger partial charge < -0.3 is 10.0 Å². The van der Waals surface area contributed by atoms with E-state index < -0.39 is 11.0 Å². The lowest BCUT2D eigenvalue weighted by Gasteiger charge is -2.36. The standard InChI is InChI=1S/C12H14Cl2N2O3/c1-7-2-3-15(6-11(7)17)12-9(13)4-8(16(18)19)5-10(12)14/h4-5,7,11,17H,2-3,6H2,1H3. The second-order valence-corrected chi connectivity index (χ2v) is 5.61. The van der Waals surface area contributed by atoms with E-state index >= 15 is 0 Å². The van der Waals surface area contributed by atoms with Crippen molar-refractivity contribution in [3.63, 3.8) is 0 Å². The maximum Gasteiger partial charge on any atom is 0.272 e. The number of anilines is 1. The van der Waals surface area contributed by atoms with Gasteiger partial charge in [-0.05, 0) is 12.3 Å². The van der Waals surface area contributed by atoms with Gasteiger partial charge in [-0.2, -0.15) is 0 Å². The molecule has 1 aromatic rings. The van der Waals surface area contributed by atoms with Crippen molar-refractivity contribution in [1.29, 1.82) is 0 Å². The third kappa shape index (κ3) is 2.94. The molecule has 1 aliphatic heterocycles. The topological polar surface area (TPSA) is 66.6 Å². The lowest BCUT2D eigenvalue weighted by atomic mass is 9.95. The summed E-state index contributed by atoms with van der Waals surface area (Å²) in [4.78, 5) is 12.1. The highest BCUT2D eigenvalue weighted by molar-refractivity contribution is 6.39. The zero-order valence-electron chi connectivity index (χ0n) is 10.3. The maximum absolute atomic E-state index is 10.7.